The van der Waals surface area contributed by atoms with Gasteiger partial charge in [0.15, 0.2) is 0 Å². The van der Waals surface area contributed by atoms with E-state index in [1.165, 1.54) is 0 Å². The molecule has 0 saturated heterocycles. The standard InChI is InChI=1S/C16H16N2/c1-13-7-4-5-8-14(2)18(3)16(11-13)15-9-6-10-17-12-15/h4-12H,1-2H2,3H3. The predicted molar refractivity (Wildman–Crippen MR) is 76.6 cm³/mol. The molecule has 2 heteroatoms. The molecule has 0 amide bonds. The summed E-state index contributed by atoms with van der Waals surface area (Å²) in [6, 6.07) is 13.9. The summed E-state index contributed by atoms with van der Waals surface area (Å²) >= 11 is 0. The van der Waals surface area contributed by atoms with E-state index in [9.17, 15) is 0 Å². The molecule has 18 heavy (non-hydrogen) atoms. The largest absolute Gasteiger partial charge is 0.345 e. The van der Waals surface area contributed by atoms with Crippen molar-refractivity contribution in [3.8, 4) is 11.3 Å². The summed E-state index contributed by atoms with van der Waals surface area (Å²) in [6.07, 6.45) is 3.61. The second-order valence-electron chi connectivity index (χ2n) is 4.11. The van der Waals surface area contributed by atoms with E-state index in [4.69, 9.17) is 0 Å². The van der Waals surface area contributed by atoms with Crippen LogP contribution in [-0.2, 0) is 7.05 Å². The number of hydrogen-bond donors (Lipinski definition) is 0. The van der Waals surface area contributed by atoms with Crippen LogP contribution in [0.4, 0.5) is 0 Å². The van der Waals surface area contributed by atoms with Crippen LogP contribution in [0.5, 0.6) is 0 Å². The van der Waals surface area contributed by atoms with Gasteiger partial charge in [0.25, 0.3) is 0 Å². The third-order valence-corrected chi connectivity index (χ3v) is 2.78. The van der Waals surface area contributed by atoms with Crippen LogP contribution in [0.2, 0.25) is 0 Å². The van der Waals surface area contributed by atoms with Gasteiger partial charge in [-0.1, -0.05) is 31.4 Å². The predicted octanol–water partition coefficient (Wildman–Crippen LogP) is 2.03. The molecule has 0 spiro atoms. The van der Waals surface area contributed by atoms with E-state index in [0.29, 0.717) is 0 Å². The molecule has 2 aromatic heterocycles. The van der Waals surface area contributed by atoms with E-state index in [2.05, 4.69) is 18.1 Å². The minimum Gasteiger partial charge on any atom is -0.345 e. The summed E-state index contributed by atoms with van der Waals surface area (Å²) < 4.78 is 2.03. The maximum absolute atomic E-state index is 4.16. The van der Waals surface area contributed by atoms with Gasteiger partial charge in [-0.2, -0.15) is 0 Å². The molecular weight excluding hydrogens is 220 g/mol. The van der Waals surface area contributed by atoms with Crippen LogP contribution in [0, 0.1) is 0 Å². The van der Waals surface area contributed by atoms with Crippen molar-refractivity contribution in [3.05, 3.63) is 65.4 Å². The lowest BCUT2D eigenvalue weighted by molar-refractivity contribution is 0.885. The lowest BCUT2D eigenvalue weighted by Crippen LogP contribution is -2.15. The van der Waals surface area contributed by atoms with Gasteiger partial charge in [0.2, 0.25) is 0 Å². The summed E-state index contributed by atoms with van der Waals surface area (Å²) in [5.41, 5.74) is 2.08. The molecule has 0 bridgehead atoms. The highest BCUT2D eigenvalue weighted by Crippen LogP contribution is 2.12. The summed E-state index contributed by atoms with van der Waals surface area (Å²) in [5, 5.41) is 1.87. The normalized spacial score (nSPS) is 9.83. The van der Waals surface area contributed by atoms with Crippen molar-refractivity contribution >= 4 is 13.2 Å². The molecule has 0 unspecified atom stereocenters. The number of rotatable bonds is 1. The first-order valence-corrected chi connectivity index (χ1v) is 5.77. The topological polar surface area (TPSA) is 17.8 Å². The lowest BCUT2D eigenvalue weighted by atomic mass is 10.2. The minimum absolute atomic E-state index is 0.921. The molecule has 0 saturated carbocycles. The van der Waals surface area contributed by atoms with Crippen LogP contribution in [0.25, 0.3) is 24.4 Å². The lowest BCUT2D eigenvalue weighted by Gasteiger charge is -2.06. The fourth-order valence-electron chi connectivity index (χ4n) is 1.72. The molecule has 0 aromatic carbocycles. The molecule has 2 nitrogen and oxygen atoms in total. The second-order valence-corrected chi connectivity index (χ2v) is 4.11. The Hall–Kier alpha value is -2.35. The average molecular weight is 236 g/mol. The van der Waals surface area contributed by atoms with Crippen molar-refractivity contribution in [2.45, 2.75) is 0 Å². The van der Waals surface area contributed by atoms with Gasteiger partial charge in [-0.05, 0) is 29.5 Å². The number of pyridine rings is 1. The van der Waals surface area contributed by atoms with Gasteiger partial charge in [-0.3, -0.25) is 4.98 Å². The van der Waals surface area contributed by atoms with Crippen LogP contribution < -0.4 is 10.6 Å². The Bertz CT molecular complexity index is 683. The van der Waals surface area contributed by atoms with Crippen LogP contribution >= 0.6 is 0 Å². The van der Waals surface area contributed by atoms with Gasteiger partial charge in [0, 0.05) is 30.4 Å². The monoisotopic (exact) mass is 236 g/mol. The fraction of sp³-hybridized carbons (Fsp3) is 0.0625. The highest BCUT2D eigenvalue weighted by atomic mass is 14.9. The van der Waals surface area contributed by atoms with E-state index in [0.717, 1.165) is 21.8 Å². The molecule has 0 aliphatic carbocycles. The van der Waals surface area contributed by atoms with Gasteiger partial charge >= 0.3 is 0 Å². The van der Waals surface area contributed by atoms with Crippen LogP contribution in [-0.4, -0.2) is 9.55 Å². The minimum atomic E-state index is 0.921. The van der Waals surface area contributed by atoms with Crippen molar-refractivity contribution in [2.24, 2.45) is 7.05 Å². The molecule has 0 atom stereocenters. The molecule has 90 valence electrons. The van der Waals surface area contributed by atoms with Gasteiger partial charge in [0.05, 0.1) is 5.69 Å². The van der Waals surface area contributed by atoms with Crippen molar-refractivity contribution in [1.29, 1.82) is 0 Å². The third kappa shape index (κ3) is 2.66. The van der Waals surface area contributed by atoms with E-state index in [-0.39, 0.29) is 0 Å². The van der Waals surface area contributed by atoms with Gasteiger partial charge < -0.3 is 4.57 Å². The molecule has 0 aliphatic heterocycles. The first kappa shape index (κ1) is 12.1. The van der Waals surface area contributed by atoms with E-state index >= 15 is 0 Å². The maximum Gasteiger partial charge on any atom is 0.0502 e. The summed E-state index contributed by atoms with van der Waals surface area (Å²) in [7, 11) is 1.99. The Morgan fingerprint density at radius 3 is 2.56 bits per heavy atom. The van der Waals surface area contributed by atoms with E-state index in [1.807, 2.05) is 60.3 Å². The van der Waals surface area contributed by atoms with E-state index in [1.54, 1.807) is 6.20 Å². The highest BCUT2D eigenvalue weighted by Gasteiger charge is 1.98. The molecule has 2 aromatic rings. The van der Waals surface area contributed by atoms with Crippen molar-refractivity contribution in [2.75, 3.05) is 0 Å². The molecule has 0 N–H and O–H groups in total. The summed E-state index contributed by atoms with van der Waals surface area (Å²) in [5.74, 6) is 0. The third-order valence-electron chi connectivity index (χ3n) is 2.78. The fourth-order valence-corrected chi connectivity index (χ4v) is 1.72. The van der Waals surface area contributed by atoms with Crippen molar-refractivity contribution in [1.82, 2.24) is 9.55 Å². The van der Waals surface area contributed by atoms with Crippen LogP contribution in [0.15, 0.2) is 54.9 Å². The number of nitrogens with zero attached hydrogens (tertiary/aromatic N) is 2. The average Bonchev–Trinajstić information content (AvgIpc) is 2.45. The Balaban J connectivity index is 2.87. The molecule has 2 rings (SSSR count). The molecule has 0 aliphatic rings. The summed E-state index contributed by atoms with van der Waals surface area (Å²) in [4.78, 5) is 4.16. The van der Waals surface area contributed by atoms with Crippen molar-refractivity contribution in [3.63, 3.8) is 0 Å². The number of hydrogen-bond acceptors (Lipinski definition) is 1. The first-order chi connectivity index (χ1) is 8.68. The summed E-state index contributed by atoms with van der Waals surface area (Å²) in [6.45, 7) is 8.07. The van der Waals surface area contributed by atoms with Gasteiger partial charge in [-0.15, -0.1) is 0 Å². The Kier molecular flexibility index (Phi) is 3.58. The van der Waals surface area contributed by atoms with Crippen LogP contribution in [0.1, 0.15) is 0 Å². The molecule has 0 radical (unpaired) electrons. The SMILES string of the molecule is C=c1ccccc(=C)n(C)c(-c2cccnc2)c1. The zero-order valence-corrected chi connectivity index (χ0v) is 10.5. The maximum atomic E-state index is 4.16. The number of aromatic nitrogens is 2. The molecule has 0 fully saturated rings. The first-order valence-electron chi connectivity index (χ1n) is 5.77. The second kappa shape index (κ2) is 5.32. The molecular formula is C16H16N2. The quantitative estimate of drug-likeness (QED) is 0.741. The van der Waals surface area contributed by atoms with Crippen LogP contribution in [0.3, 0.4) is 0 Å². The zero-order chi connectivity index (χ0) is 13.0. The Morgan fingerprint density at radius 2 is 1.83 bits per heavy atom. The smallest absolute Gasteiger partial charge is 0.0502 e. The van der Waals surface area contributed by atoms with E-state index < -0.39 is 0 Å². The van der Waals surface area contributed by atoms with Crippen molar-refractivity contribution < 1.29 is 0 Å². The van der Waals surface area contributed by atoms with Gasteiger partial charge in [-0.25, -0.2) is 0 Å². The highest BCUT2D eigenvalue weighted by molar-refractivity contribution is 5.57. The Labute approximate surface area is 107 Å². The Morgan fingerprint density at radius 1 is 1.06 bits per heavy atom. The van der Waals surface area contributed by atoms with Gasteiger partial charge in [0.1, 0.15) is 0 Å². The zero-order valence-electron chi connectivity index (χ0n) is 10.5. The molecule has 2 heterocycles.